The monoisotopic (exact) mass is 325 g/mol. The fraction of sp³-hybridized carbons (Fsp3) is 0.750. The number of aliphatic hydroxyl groups is 1. The largest absolute Gasteiger partial charge is 0.459 e. The molecule has 0 spiro atoms. The highest BCUT2D eigenvalue weighted by Gasteiger charge is 2.57. The molecule has 0 aromatic heterocycles. The van der Waals surface area contributed by atoms with E-state index in [1.807, 2.05) is 6.08 Å². The molecule has 7 heteroatoms. The van der Waals surface area contributed by atoms with Crippen molar-refractivity contribution in [1.29, 1.82) is 0 Å². The molecule has 2 N–H and O–H groups in total. The number of fused-ring (bicyclic) bond motifs is 4. The van der Waals surface area contributed by atoms with Gasteiger partial charge in [0.25, 0.3) is 5.91 Å². The number of nitrogens with one attached hydrogen (secondary N) is 1. The Hall–Kier alpha value is -1.44. The molecule has 1 saturated heterocycles. The van der Waals surface area contributed by atoms with Gasteiger partial charge in [-0.1, -0.05) is 12.2 Å². The van der Waals surface area contributed by atoms with Gasteiger partial charge >= 0.3 is 5.97 Å². The molecule has 128 valence electrons. The Morgan fingerprint density at radius 1 is 1.17 bits per heavy atom. The predicted molar refractivity (Wildman–Crippen MR) is 79.3 cm³/mol. The summed E-state index contributed by atoms with van der Waals surface area (Å²) in [5.74, 6) is -1.68. The second kappa shape index (κ2) is 5.89. The van der Waals surface area contributed by atoms with Crippen molar-refractivity contribution < 1.29 is 28.9 Å². The first-order valence-electron chi connectivity index (χ1n) is 8.00. The van der Waals surface area contributed by atoms with Crippen LogP contribution in [0.2, 0.25) is 0 Å². The van der Waals surface area contributed by atoms with Crippen LogP contribution in [0.1, 0.15) is 39.5 Å². The van der Waals surface area contributed by atoms with Gasteiger partial charge in [0, 0.05) is 25.8 Å². The van der Waals surface area contributed by atoms with Gasteiger partial charge in [0.1, 0.15) is 17.8 Å². The van der Waals surface area contributed by atoms with Gasteiger partial charge in [-0.2, -0.15) is 0 Å². The molecule has 0 radical (unpaired) electrons. The molecule has 3 aliphatic rings. The van der Waals surface area contributed by atoms with Crippen LogP contribution in [0.5, 0.6) is 0 Å². The number of carbonyl (C=O) groups is 2. The third kappa shape index (κ3) is 3.41. The highest BCUT2D eigenvalue weighted by molar-refractivity contribution is 5.85. The van der Waals surface area contributed by atoms with Gasteiger partial charge in [-0.15, -0.1) is 0 Å². The fourth-order valence-corrected chi connectivity index (χ4v) is 3.44. The highest BCUT2D eigenvalue weighted by atomic mass is 16.8. The number of carbonyl (C=O) groups excluding carboxylic acids is 2. The lowest BCUT2D eigenvalue weighted by Crippen LogP contribution is -2.59. The maximum atomic E-state index is 12.4. The van der Waals surface area contributed by atoms with Crippen LogP contribution >= 0.6 is 0 Å². The number of rotatable bonds is 0. The Kier molecular flexibility index (Phi) is 4.20. The van der Waals surface area contributed by atoms with E-state index in [0.29, 0.717) is 13.0 Å². The molecule has 1 aliphatic carbocycles. The lowest BCUT2D eigenvalue weighted by molar-refractivity contribution is -0.180. The van der Waals surface area contributed by atoms with Crippen molar-refractivity contribution >= 4 is 11.9 Å². The van der Waals surface area contributed by atoms with Gasteiger partial charge in [0.05, 0.1) is 6.10 Å². The standard InChI is InChI=1S/C16H23NO6/c1-15(2)22-11-9-16(20)8-10(13(11)23-15)21-12(18)6-4-3-5-7-17-14(16)19/h3,5,10-11,13,20H,4,6-9H2,1-2H3,(H,17,19)/b5-3-/t10-,11-,13+,16-/m1/s1. The van der Waals surface area contributed by atoms with Crippen LogP contribution in [-0.4, -0.2) is 53.2 Å². The summed E-state index contributed by atoms with van der Waals surface area (Å²) in [4.78, 5) is 24.4. The average Bonchev–Trinajstić information content (AvgIpc) is 2.75. The number of hydrogen-bond acceptors (Lipinski definition) is 6. The zero-order valence-electron chi connectivity index (χ0n) is 13.4. The van der Waals surface area contributed by atoms with E-state index in [9.17, 15) is 14.7 Å². The summed E-state index contributed by atoms with van der Waals surface area (Å²) >= 11 is 0. The van der Waals surface area contributed by atoms with E-state index >= 15 is 0 Å². The van der Waals surface area contributed by atoms with Gasteiger partial charge in [0.15, 0.2) is 5.79 Å². The van der Waals surface area contributed by atoms with E-state index in [2.05, 4.69) is 5.32 Å². The van der Waals surface area contributed by atoms with Crippen molar-refractivity contribution in [2.45, 2.75) is 69.2 Å². The summed E-state index contributed by atoms with van der Waals surface area (Å²) < 4.78 is 17.1. The summed E-state index contributed by atoms with van der Waals surface area (Å²) in [6, 6.07) is 0. The number of amides is 1. The van der Waals surface area contributed by atoms with Crippen LogP contribution in [-0.2, 0) is 23.8 Å². The topological polar surface area (TPSA) is 94.1 Å². The Bertz CT molecular complexity index is 531. The second-order valence-electron chi connectivity index (χ2n) is 6.83. The summed E-state index contributed by atoms with van der Waals surface area (Å²) in [7, 11) is 0. The first-order valence-corrected chi connectivity index (χ1v) is 8.00. The Morgan fingerprint density at radius 3 is 2.70 bits per heavy atom. The molecule has 2 bridgehead atoms. The van der Waals surface area contributed by atoms with E-state index in [1.165, 1.54) is 0 Å². The van der Waals surface area contributed by atoms with E-state index in [0.717, 1.165) is 0 Å². The normalized spacial score (nSPS) is 41.8. The molecular formula is C16H23NO6. The van der Waals surface area contributed by atoms with Gasteiger partial charge in [0.2, 0.25) is 0 Å². The maximum Gasteiger partial charge on any atom is 0.306 e. The smallest absolute Gasteiger partial charge is 0.306 e. The lowest BCUT2D eigenvalue weighted by atomic mass is 9.79. The van der Waals surface area contributed by atoms with Gasteiger partial charge in [-0.3, -0.25) is 9.59 Å². The molecule has 0 aromatic rings. The summed E-state index contributed by atoms with van der Waals surface area (Å²) in [6.45, 7) is 3.85. The zero-order chi connectivity index (χ0) is 16.7. The molecule has 2 heterocycles. The van der Waals surface area contributed by atoms with Gasteiger partial charge < -0.3 is 24.6 Å². The first kappa shape index (κ1) is 16.4. The van der Waals surface area contributed by atoms with Crippen molar-refractivity contribution in [3.63, 3.8) is 0 Å². The van der Waals surface area contributed by atoms with Crippen LogP contribution in [0.15, 0.2) is 12.2 Å². The van der Waals surface area contributed by atoms with E-state index in [1.54, 1.807) is 19.9 Å². The zero-order valence-corrected chi connectivity index (χ0v) is 13.4. The van der Waals surface area contributed by atoms with Gasteiger partial charge in [-0.05, 0) is 20.3 Å². The second-order valence-corrected chi connectivity index (χ2v) is 6.83. The summed E-state index contributed by atoms with van der Waals surface area (Å²) in [6.07, 6.45) is 2.82. The SMILES string of the molecule is CC1(C)O[C@H]2[C@H]3C[C@@](O)(C[C@H]2O1)C(=O)NC/C=C\CCC(=O)O3. The molecule has 1 amide bonds. The molecule has 4 atom stereocenters. The maximum absolute atomic E-state index is 12.4. The molecule has 2 aliphatic heterocycles. The third-order valence-electron chi connectivity index (χ3n) is 4.43. The van der Waals surface area contributed by atoms with Crippen molar-refractivity contribution in [3.8, 4) is 0 Å². The number of hydrogen-bond donors (Lipinski definition) is 2. The van der Waals surface area contributed by atoms with E-state index in [-0.39, 0.29) is 25.2 Å². The Balaban J connectivity index is 1.88. The highest BCUT2D eigenvalue weighted by Crippen LogP contribution is 2.42. The quantitative estimate of drug-likeness (QED) is 0.495. The van der Waals surface area contributed by atoms with Crippen LogP contribution in [0.4, 0.5) is 0 Å². The molecule has 0 unspecified atom stereocenters. The Morgan fingerprint density at radius 2 is 1.91 bits per heavy atom. The number of esters is 1. The summed E-state index contributed by atoms with van der Waals surface area (Å²) in [5, 5.41) is 13.5. The fourth-order valence-electron chi connectivity index (χ4n) is 3.44. The van der Waals surface area contributed by atoms with Crippen molar-refractivity contribution in [1.82, 2.24) is 5.32 Å². The first-order chi connectivity index (χ1) is 10.8. The average molecular weight is 325 g/mol. The van der Waals surface area contributed by atoms with Gasteiger partial charge in [-0.25, -0.2) is 0 Å². The van der Waals surface area contributed by atoms with Crippen molar-refractivity contribution in [3.05, 3.63) is 12.2 Å². The summed E-state index contributed by atoms with van der Waals surface area (Å²) in [5.41, 5.74) is -1.64. The number of ether oxygens (including phenoxy) is 3. The Labute approximate surface area is 135 Å². The van der Waals surface area contributed by atoms with Crippen molar-refractivity contribution in [2.75, 3.05) is 6.54 Å². The predicted octanol–water partition coefficient (Wildman–Crippen LogP) is 0.409. The van der Waals surface area contributed by atoms with Crippen molar-refractivity contribution in [2.24, 2.45) is 0 Å². The van der Waals surface area contributed by atoms with Crippen LogP contribution in [0.25, 0.3) is 0 Å². The molecule has 23 heavy (non-hydrogen) atoms. The molecule has 2 fully saturated rings. The minimum absolute atomic E-state index is 0.00882. The van der Waals surface area contributed by atoms with E-state index < -0.39 is 35.6 Å². The molecule has 1 saturated carbocycles. The minimum Gasteiger partial charge on any atom is -0.459 e. The van der Waals surface area contributed by atoms with E-state index in [4.69, 9.17) is 14.2 Å². The van der Waals surface area contributed by atoms with Crippen LogP contribution in [0.3, 0.4) is 0 Å². The molecule has 7 nitrogen and oxygen atoms in total. The lowest BCUT2D eigenvalue weighted by Gasteiger charge is -2.40. The van der Waals surface area contributed by atoms with Crippen LogP contribution in [0, 0.1) is 0 Å². The molecule has 3 rings (SSSR count). The molecular weight excluding hydrogens is 302 g/mol. The third-order valence-corrected chi connectivity index (χ3v) is 4.43. The number of allylic oxidation sites excluding steroid dienone is 1. The van der Waals surface area contributed by atoms with Crippen LogP contribution < -0.4 is 5.32 Å². The minimum atomic E-state index is -1.64. The molecule has 0 aromatic carbocycles.